The molecule has 15 atom stereocenters. The third kappa shape index (κ3) is 5.66. The molecule has 5 aliphatic rings. The van der Waals surface area contributed by atoms with Crippen molar-refractivity contribution in [2.75, 3.05) is 6.61 Å². The summed E-state index contributed by atoms with van der Waals surface area (Å²) in [6, 6.07) is 0. The molecule has 4 aliphatic carbocycles. The van der Waals surface area contributed by atoms with E-state index in [1.54, 1.807) is 19.9 Å². The van der Waals surface area contributed by atoms with Crippen LogP contribution in [0.5, 0.6) is 0 Å². The third-order valence-corrected chi connectivity index (χ3v) is 14.4. The second-order valence-electron chi connectivity index (χ2n) is 17.7. The maximum Gasteiger partial charge on any atom is 0.303 e. The van der Waals surface area contributed by atoms with Gasteiger partial charge in [-0.25, -0.2) is 0 Å². The quantitative estimate of drug-likeness (QED) is 0.134. The van der Waals surface area contributed by atoms with Crippen LogP contribution in [0.3, 0.4) is 0 Å². The Balaban J connectivity index is 1.46. The summed E-state index contributed by atoms with van der Waals surface area (Å²) in [5.41, 5.74) is -1.27. The van der Waals surface area contributed by atoms with E-state index in [0.29, 0.717) is 12.8 Å². The van der Waals surface area contributed by atoms with Crippen LogP contribution in [0.25, 0.3) is 0 Å². The van der Waals surface area contributed by atoms with Crippen LogP contribution in [0, 0.1) is 51.2 Å². The second-order valence-corrected chi connectivity index (χ2v) is 17.7. The summed E-state index contributed by atoms with van der Waals surface area (Å²) in [4.78, 5) is 25.1. The van der Waals surface area contributed by atoms with Crippen molar-refractivity contribution >= 4 is 11.8 Å². The Labute approximate surface area is 285 Å². The first-order valence-electron chi connectivity index (χ1n) is 17.9. The number of carbonyl (C=O) groups is 2. The fraction of sp³-hybridized carbons (Fsp3) is 0.842. The second kappa shape index (κ2) is 12.5. The lowest BCUT2D eigenvalue weighted by Crippen LogP contribution is -2.65. The molecule has 1 saturated heterocycles. The number of carbonyl (C=O) groups excluding carboxylic acids is 2. The van der Waals surface area contributed by atoms with E-state index in [1.165, 1.54) is 18.6 Å². The van der Waals surface area contributed by atoms with Crippen LogP contribution in [0.15, 0.2) is 23.8 Å². The molecule has 0 aromatic rings. The highest BCUT2D eigenvalue weighted by atomic mass is 16.6. The molecule has 272 valence electrons. The van der Waals surface area contributed by atoms with Crippen molar-refractivity contribution in [3.05, 3.63) is 23.8 Å². The zero-order chi connectivity index (χ0) is 35.9. The average molecular weight is 677 g/mol. The predicted molar refractivity (Wildman–Crippen MR) is 178 cm³/mol. The van der Waals surface area contributed by atoms with E-state index in [0.717, 1.165) is 19.3 Å². The Morgan fingerprint density at radius 1 is 1.02 bits per heavy atom. The maximum absolute atomic E-state index is 13.6. The molecule has 0 radical (unpaired) electrons. The molecule has 0 aromatic heterocycles. The molecule has 10 nitrogen and oxygen atoms in total. The number of fused-ring (bicyclic) bond motifs is 5. The fourth-order valence-corrected chi connectivity index (χ4v) is 11.6. The standard InChI is InChI=1S/C38H60O10/c1-19(24(41)12-13-34(3,4)48-20(2)40)28-25(42)17-38(9)27-11-10-22-23(36(27,7)14-15-37(28,38)8)16-21(33(46)35(22,5)6)32-31(45)30(44)29(43)26(18-39)47-32/h10,12-13,19,21,23,25-33,39,42-46H,11,14-18H2,1-9H3/b13-12+/t19-,21-,23-,25-,26-,27-,28+,29-,30+,31-,32+,33+,36+,37-,38+/m1/s1. The van der Waals surface area contributed by atoms with Crippen LogP contribution in [-0.2, 0) is 19.1 Å². The number of rotatable bonds is 7. The van der Waals surface area contributed by atoms with Crippen LogP contribution in [0.4, 0.5) is 0 Å². The van der Waals surface area contributed by atoms with Crippen molar-refractivity contribution < 1.29 is 49.7 Å². The van der Waals surface area contributed by atoms with Gasteiger partial charge in [0.15, 0.2) is 5.78 Å². The van der Waals surface area contributed by atoms with Crippen LogP contribution in [-0.4, -0.2) is 97.3 Å². The van der Waals surface area contributed by atoms with Crippen molar-refractivity contribution in [1.82, 2.24) is 0 Å². The van der Waals surface area contributed by atoms with E-state index >= 15 is 0 Å². The molecular formula is C38H60O10. The smallest absolute Gasteiger partial charge is 0.303 e. The normalized spacial score (nSPS) is 47.8. The highest BCUT2D eigenvalue weighted by Crippen LogP contribution is 2.75. The van der Waals surface area contributed by atoms with E-state index in [-0.39, 0.29) is 39.8 Å². The lowest BCUT2D eigenvalue weighted by atomic mass is 9.38. The minimum Gasteiger partial charge on any atom is -0.456 e. The van der Waals surface area contributed by atoms with Gasteiger partial charge in [0.2, 0.25) is 0 Å². The monoisotopic (exact) mass is 676 g/mol. The number of ketones is 1. The van der Waals surface area contributed by atoms with Gasteiger partial charge in [-0.15, -0.1) is 0 Å². The number of ether oxygens (including phenoxy) is 2. The Morgan fingerprint density at radius 3 is 2.27 bits per heavy atom. The summed E-state index contributed by atoms with van der Waals surface area (Å²) in [7, 11) is 0. The summed E-state index contributed by atoms with van der Waals surface area (Å²) in [5.74, 6) is -1.62. The van der Waals surface area contributed by atoms with E-state index < -0.39 is 78.2 Å². The fourth-order valence-electron chi connectivity index (χ4n) is 11.6. The molecule has 1 heterocycles. The molecule has 0 bridgehead atoms. The van der Waals surface area contributed by atoms with Gasteiger partial charge in [0.25, 0.3) is 0 Å². The van der Waals surface area contributed by atoms with Crippen molar-refractivity contribution in [2.45, 2.75) is 143 Å². The first kappa shape index (κ1) is 37.6. The van der Waals surface area contributed by atoms with Gasteiger partial charge in [0.05, 0.1) is 24.9 Å². The molecule has 0 unspecified atom stereocenters. The minimum absolute atomic E-state index is 0.0232. The Hall–Kier alpha value is -1.66. The Bertz CT molecular complexity index is 1320. The average Bonchev–Trinajstić information content (AvgIpc) is 3.20. The van der Waals surface area contributed by atoms with Gasteiger partial charge in [-0.05, 0) is 86.2 Å². The molecule has 5 rings (SSSR count). The molecule has 6 N–H and O–H groups in total. The lowest BCUT2D eigenvalue weighted by Gasteiger charge is -2.66. The van der Waals surface area contributed by atoms with Gasteiger partial charge < -0.3 is 40.1 Å². The van der Waals surface area contributed by atoms with Gasteiger partial charge >= 0.3 is 5.97 Å². The van der Waals surface area contributed by atoms with Gasteiger partial charge in [-0.3, -0.25) is 9.59 Å². The zero-order valence-corrected chi connectivity index (χ0v) is 30.2. The third-order valence-electron chi connectivity index (χ3n) is 14.4. The minimum atomic E-state index is -1.51. The van der Waals surface area contributed by atoms with Crippen molar-refractivity contribution in [3.63, 3.8) is 0 Å². The Morgan fingerprint density at radius 2 is 1.67 bits per heavy atom. The molecular weight excluding hydrogens is 616 g/mol. The van der Waals surface area contributed by atoms with E-state index in [9.17, 15) is 40.2 Å². The van der Waals surface area contributed by atoms with Crippen molar-refractivity contribution in [3.8, 4) is 0 Å². The Kier molecular flexibility index (Phi) is 9.81. The number of aliphatic hydroxyl groups is 6. The summed E-state index contributed by atoms with van der Waals surface area (Å²) in [5, 5.41) is 65.7. The molecule has 0 amide bonds. The van der Waals surface area contributed by atoms with Gasteiger partial charge in [0.1, 0.15) is 30.0 Å². The molecule has 1 aliphatic heterocycles. The number of esters is 1. The first-order chi connectivity index (χ1) is 22.1. The number of hydrogen-bond acceptors (Lipinski definition) is 10. The van der Waals surface area contributed by atoms with Crippen LogP contribution in [0.2, 0.25) is 0 Å². The molecule has 10 heteroatoms. The van der Waals surface area contributed by atoms with Gasteiger partial charge in [0, 0.05) is 30.1 Å². The number of aliphatic hydroxyl groups excluding tert-OH is 6. The van der Waals surface area contributed by atoms with Crippen molar-refractivity contribution in [1.29, 1.82) is 0 Å². The van der Waals surface area contributed by atoms with Crippen LogP contribution < -0.4 is 0 Å². The maximum atomic E-state index is 13.6. The van der Waals surface area contributed by atoms with Gasteiger partial charge in [-0.2, -0.15) is 0 Å². The first-order valence-corrected chi connectivity index (χ1v) is 17.9. The van der Waals surface area contributed by atoms with Crippen molar-refractivity contribution in [2.24, 2.45) is 51.2 Å². The van der Waals surface area contributed by atoms with E-state index in [1.807, 2.05) is 20.8 Å². The van der Waals surface area contributed by atoms with Crippen LogP contribution in [0.1, 0.15) is 94.4 Å². The molecule has 48 heavy (non-hydrogen) atoms. The molecule has 4 fully saturated rings. The molecule has 3 saturated carbocycles. The van der Waals surface area contributed by atoms with E-state index in [4.69, 9.17) is 9.47 Å². The number of allylic oxidation sites excluding steroid dienone is 2. The van der Waals surface area contributed by atoms with E-state index in [2.05, 4.69) is 26.8 Å². The largest absolute Gasteiger partial charge is 0.456 e. The lowest BCUT2D eigenvalue weighted by molar-refractivity contribution is -0.258. The highest BCUT2D eigenvalue weighted by molar-refractivity contribution is 5.92. The summed E-state index contributed by atoms with van der Waals surface area (Å²) in [6.45, 7) is 17.1. The van der Waals surface area contributed by atoms with Gasteiger partial charge in [-0.1, -0.05) is 53.2 Å². The summed E-state index contributed by atoms with van der Waals surface area (Å²) >= 11 is 0. The zero-order valence-electron chi connectivity index (χ0n) is 30.2. The molecule has 0 spiro atoms. The predicted octanol–water partition coefficient (Wildman–Crippen LogP) is 3.09. The topological polar surface area (TPSA) is 174 Å². The molecule has 0 aromatic carbocycles. The summed E-state index contributed by atoms with van der Waals surface area (Å²) in [6.07, 6.45) is 0.896. The SMILES string of the molecule is CC(=O)OC(C)(C)/C=C/C(=O)[C@@H](C)[C@H]1[C@H](O)C[C@@]2(C)[C@@H]3CC=C4[C@@H](C[C@H]([C@@H]5O[C@H](CO)[C@@H](O)[C@H](O)[C@H]5O)[C@H](O)C4(C)C)[C@]3(C)CC[C@]12C. The summed E-state index contributed by atoms with van der Waals surface area (Å²) < 4.78 is 11.4. The highest BCUT2D eigenvalue weighted by Gasteiger charge is 2.70. The van der Waals surface area contributed by atoms with Crippen LogP contribution >= 0.6 is 0 Å². The number of hydrogen-bond donors (Lipinski definition) is 6.